The molecule has 3 fully saturated rings. The van der Waals surface area contributed by atoms with Crippen LogP contribution in [0.2, 0.25) is 0 Å². The standard InChI is InChI=1S/C29H38FNO3S/c1-19(16-28(30)35(31,34)24-9-5-4-6-10-24)25-13-14-26-21(8-7-15-29(25,26)3)11-12-22-17-23(32)18-27(33)20(22)2/h4-6,9-12,16,23,25-27,32-33H,2,7-8,13-15,17-18H2,1,3H3,(H2,31,34)/b19-16-,21-11+,22-12-/t23-,25-,26+,27+,29-,35?/m1/s1. The van der Waals surface area contributed by atoms with Crippen LogP contribution in [-0.4, -0.2) is 31.7 Å². The number of hydrogen-bond donors (Lipinski definition) is 3. The summed E-state index contributed by atoms with van der Waals surface area (Å²) >= 11 is 0. The average molecular weight is 500 g/mol. The van der Waals surface area contributed by atoms with Crippen molar-refractivity contribution in [2.75, 3.05) is 0 Å². The highest BCUT2D eigenvalue weighted by Gasteiger charge is 2.49. The Kier molecular flexibility index (Phi) is 7.58. The SMILES string of the molecule is C=C1/C(=C\C=C2/CCC[C@]3(C)[C@@H](/C(C)=C\C(F)=S(N)(=O)c4ccccc4)CC[C@@H]23)C[C@@H](O)C[C@@H]1O. The lowest BCUT2D eigenvalue weighted by atomic mass is 9.62. The van der Waals surface area contributed by atoms with Gasteiger partial charge in [-0.05, 0) is 92.1 Å². The first kappa shape index (κ1) is 26.1. The molecular formula is C29H38FNO3S. The Hall–Kier alpha value is -1.99. The van der Waals surface area contributed by atoms with Crippen LogP contribution in [0.5, 0.6) is 0 Å². The van der Waals surface area contributed by atoms with E-state index in [2.05, 4.69) is 19.6 Å². The number of hydrogen-bond acceptors (Lipinski definition) is 3. The van der Waals surface area contributed by atoms with Crippen LogP contribution in [0.1, 0.15) is 58.8 Å². The van der Waals surface area contributed by atoms with Gasteiger partial charge in [0, 0.05) is 11.3 Å². The fourth-order valence-electron chi connectivity index (χ4n) is 6.56. The molecule has 0 bridgehead atoms. The van der Waals surface area contributed by atoms with Gasteiger partial charge in [0.15, 0.2) is 5.12 Å². The first-order chi connectivity index (χ1) is 16.5. The van der Waals surface area contributed by atoms with Gasteiger partial charge >= 0.3 is 0 Å². The molecule has 4 N–H and O–H groups in total. The van der Waals surface area contributed by atoms with Gasteiger partial charge in [-0.1, -0.05) is 55.0 Å². The van der Waals surface area contributed by atoms with Crippen LogP contribution in [-0.2, 0) is 9.71 Å². The van der Waals surface area contributed by atoms with Crippen LogP contribution in [0.4, 0.5) is 4.39 Å². The first-order valence-corrected chi connectivity index (χ1v) is 14.2. The molecule has 6 heteroatoms. The quantitative estimate of drug-likeness (QED) is 0.295. The van der Waals surface area contributed by atoms with E-state index in [9.17, 15) is 14.4 Å². The van der Waals surface area contributed by atoms with Gasteiger partial charge in [0.2, 0.25) is 0 Å². The Labute approximate surface area is 209 Å². The van der Waals surface area contributed by atoms with E-state index in [0.29, 0.717) is 29.2 Å². The molecule has 1 aromatic carbocycles. The van der Waals surface area contributed by atoms with E-state index in [1.807, 2.05) is 13.0 Å². The number of aliphatic hydroxyl groups is 2. The van der Waals surface area contributed by atoms with Crippen molar-refractivity contribution < 1.29 is 18.8 Å². The predicted molar refractivity (Wildman–Crippen MR) is 142 cm³/mol. The summed E-state index contributed by atoms with van der Waals surface area (Å²) in [6.07, 6.45) is 10.3. The molecule has 3 aliphatic rings. The maximum atomic E-state index is 15.2. The third-order valence-corrected chi connectivity index (χ3v) is 10.2. The zero-order valence-electron chi connectivity index (χ0n) is 20.8. The minimum absolute atomic E-state index is 0.00568. The molecule has 0 heterocycles. The molecule has 35 heavy (non-hydrogen) atoms. The van der Waals surface area contributed by atoms with E-state index >= 15 is 4.39 Å². The Bertz CT molecular complexity index is 1190. The summed E-state index contributed by atoms with van der Waals surface area (Å²) in [5, 5.41) is 25.4. The molecule has 0 amide bonds. The maximum absolute atomic E-state index is 15.2. The van der Waals surface area contributed by atoms with Crippen molar-refractivity contribution in [3.8, 4) is 0 Å². The molecule has 0 radical (unpaired) electrons. The fourth-order valence-corrected chi connectivity index (χ4v) is 7.70. The Balaban J connectivity index is 1.60. The minimum Gasteiger partial charge on any atom is -0.393 e. The van der Waals surface area contributed by atoms with E-state index in [1.165, 1.54) is 11.6 Å². The molecule has 0 aromatic heterocycles. The molecule has 3 saturated carbocycles. The summed E-state index contributed by atoms with van der Waals surface area (Å²) in [7, 11) is -3.40. The fraction of sp³-hybridized carbons (Fsp3) is 0.483. The third-order valence-electron chi connectivity index (χ3n) is 8.50. The highest BCUT2D eigenvalue weighted by atomic mass is 32.2. The Morgan fingerprint density at radius 2 is 1.94 bits per heavy atom. The molecule has 4 rings (SSSR count). The molecular weight excluding hydrogens is 461 g/mol. The first-order valence-electron chi connectivity index (χ1n) is 12.6. The predicted octanol–water partition coefficient (Wildman–Crippen LogP) is 5.39. The van der Waals surface area contributed by atoms with E-state index in [0.717, 1.165) is 43.3 Å². The van der Waals surface area contributed by atoms with Gasteiger partial charge < -0.3 is 10.2 Å². The van der Waals surface area contributed by atoms with Gasteiger partial charge in [-0.15, -0.1) is 0 Å². The molecule has 190 valence electrons. The second-order valence-electron chi connectivity index (χ2n) is 10.7. The zero-order valence-corrected chi connectivity index (χ0v) is 21.6. The van der Waals surface area contributed by atoms with Gasteiger partial charge in [0.25, 0.3) is 0 Å². The lowest BCUT2D eigenvalue weighted by molar-refractivity contribution is 0.0862. The topological polar surface area (TPSA) is 83.6 Å². The molecule has 1 unspecified atom stereocenters. The molecule has 4 nitrogen and oxygen atoms in total. The number of benzene rings is 1. The summed E-state index contributed by atoms with van der Waals surface area (Å²) in [5.41, 5.74) is 3.88. The molecule has 0 aliphatic heterocycles. The van der Waals surface area contributed by atoms with Gasteiger partial charge in [0.1, 0.15) is 0 Å². The van der Waals surface area contributed by atoms with E-state index < -0.39 is 27.0 Å². The maximum Gasteiger partial charge on any atom is 0.193 e. The van der Waals surface area contributed by atoms with Crippen LogP contribution >= 0.6 is 0 Å². The van der Waals surface area contributed by atoms with Crippen molar-refractivity contribution in [2.24, 2.45) is 22.4 Å². The Morgan fingerprint density at radius 3 is 2.66 bits per heavy atom. The van der Waals surface area contributed by atoms with Crippen molar-refractivity contribution in [1.29, 1.82) is 0 Å². The van der Waals surface area contributed by atoms with E-state index in [1.54, 1.807) is 30.3 Å². The molecule has 0 spiro atoms. The number of rotatable bonds is 4. The van der Waals surface area contributed by atoms with Crippen molar-refractivity contribution in [1.82, 2.24) is 0 Å². The van der Waals surface area contributed by atoms with Gasteiger partial charge in [-0.3, -0.25) is 5.14 Å². The largest absolute Gasteiger partial charge is 0.393 e. The third kappa shape index (κ3) is 5.12. The van der Waals surface area contributed by atoms with E-state index in [4.69, 9.17) is 5.14 Å². The van der Waals surface area contributed by atoms with Gasteiger partial charge in [-0.25, -0.2) is 4.21 Å². The van der Waals surface area contributed by atoms with Crippen molar-refractivity contribution >= 4 is 14.8 Å². The summed E-state index contributed by atoms with van der Waals surface area (Å²) in [5.74, 6) is 0.571. The highest BCUT2D eigenvalue weighted by molar-refractivity contribution is 8.00. The lowest BCUT2D eigenvalue weighted by Gasteiger charge is -2.43. The number of halogens is 1. The number of allylic oxidation sites excluding steroid dienone is 5. The zero-order chi connectivity index (χ0) is 25.4. The van der Waals surface area contributed by atoms with E-state index in [-0.39, 0.29) is 11.3 Å². The number of aliphatic hydroxyl groups excluding tert-OH is 2. The van der Waals surface area contributed by atoms with Crippen molar-refractivity contribution in [2.45, 2.75) is 75.9 Å². The van der Waals surface area contributed by atoms with Gasteiger partial charge in [0.05, 0.1) is 21.9 Å². The van der Waals surface area contributed by atoms with Crippen LogP contribution in [0.15, 0.2) is 82.3 Å². The van der Waals surface area contributed by atoms with Crippen molar-refractivity contribution in [3.63, 3.8) is 0 Å². The Morgan fingerprint density at radius 1 is 1.23 bits per heavy atom. The summed E-state index contributed by atoms with van der Waals surface area (Å²) in [6, 6.07) is 8.41. The molecule has 6 atom stereocenters. The highest BCUT2D eigenvalue weighted by Crippen LogP contribution is 2.59. The lowest BCUT2D eigenvalue weighted by Crippen LogP contribution is -2.34. The summed E-state index contributed by atoms with van der Waals surface area (Å²) in [4.78, 5) is 0.299. The second kappa shape index (κ2) is 10.2. The smallest absolute Gasteiger partial charge is 0.193 e. The minimum atomic E-state index is -3.40. The van der Waals surface area contributed by atoms with Crippen LogP contribution < -0.4 is 5.14 Å². The normalized spacial score (nSPS) is 35.7. The average Bonchev–Trinajstić information content (AvgIpc) is 3.18. The van der Waals surface area contributed by atoms with Crippen LogP contribution in [0, 0.1) is 17.3 Å². The number of nitrogens with two attached hydrogens (primary N) is 1. The monoisotopic (exact) mass is 499 g/mol. The van der Waals surface area contributed by atoms with Crippen LogP contribution in [0.3, 0.4) is 0 Å². The molecule has 3 aliphatic carbocycles. The summed E-state index contributed by atoms with van der Waals surface area (Å²) in [6.45, 7) is 8.26. The van der Waals surface area contributed by atoms with Gasteiger partial charge in [-0.2, -0.15) is 4.39 Å². The molecule has 0 saturated heterocycles. The van der Waals surface area contributed by atoms with Crippen LogP contribution in [0.25, 0.3) is 0 Å². The number of fused-ring (bicyclic) bond motifs is 1. The molecule has 1 aromatic rings. The summed E-state index contributed by atoms with van der Waals surface area (Å²) < 4.78 is 28.2. The second-order valence-corrected chi connectivity index (χ2v) is 12.8. The van der Waals surface area contributed by atoms with Crippen molar-refractivity contribution in [3.05, 3.63) is 77.4 Å².